The summed E-state index contributed by atoms with van der Waals surface area (Å²) in [5, 5.41) is 14.9. The van der Waals surface area contributed by atoms with E-state index < -0.39 is 0 Å². The van der Waals surface area contributed by atoms with E-state index in [9.17, 15) is 5.11 Å². The number of hydrazone groups is 1. The normalized spacial score (nSPS) is 11.1. The third-order valence-corrected chi connectivity index (χ3v) is 4.82. The highest BCUT2D eigenvalue weighted by Crippen LogP contribution is 2.27. The Morgan fingerprint density at radius 2 is 1.83 bits per heavy atom. The molecule has 3 aromatic carbocycles. The standard InChI is InChI=1S/C22H17BrN4O2/c1-29-20-12-14(6-11-19(20)28)13-24-27-22-17-4-2-3-5-18(17)25-21(26-22)15-7-9-16(23)10-8-15/h2-13,28H,1H3,(H,25,26,27)/b24-13+. The van der Waals surface area contributed by atoms with Crippen molar-refractivity contribution >= 4 is 38.9 Å². The summed E-state index contributed by atoms with van der Waals surface area (Å²) < 4.78 is 6.12. The molecule has 0 amide bonds. The number of hydrogen-bond donors (Lipinski definition) is 2. The number of anilines is 1. The van der Waals surface area contributed by atoms with Crippen molar-refractivity contribution in [3.05, 3.63) is 76.8 Å². The van der Waals surface area contributed by atoms with Crippen molar-refractivity contribution in [3.8, 4) is 22.9 Å². The van der Waals surface area contributed by atoms with Crippen LogP contribution in [0.25, 0.3) is 22.3 Å². The number of benzene rings is 3. The zero-order chi connectivity index (χ0) is 20.2. The Morgan fingerprint density at radius 1 is 1.03 bits per heavy atom. The first-order valence-electron chi connectivity index (χ1n) is 8.83. The number of methoxy groups -OCH3 is 1. The van der Waals surface area contributed by atoms with Crippen LogP contribution >= 0.6 is 15.9 Å². The van der Waals surface area contributed by atoms with Crippen LogP contribution < -0.4 is 10.2 Å². The molecule has 1 heterocycles. The highest BCUT2D eigenvalue weighted by molar-refractivity contribution is 9.10. The molecule has 0 atom stereocenters. The zero-order valence-electron chi connectivity index (χ0n) is 15.5. The van der Waals surface area contributed by atoms with Crippen molar-refractivity contribution in [3.63, 3.8) is 0 Å². The molecule has 0 aliphatic carbocycles. The van der Waals surface area contributed by atoms with E-state index in [0.29, 0.717) is 17.4 Å². The minimum Gasteiger partial charge on any atom is -0.504 e. The summed E-state index contributed by atoms with van der Waals surface area (Å²) in [6, 6.07) is 20.6. The Labute approximate surface area is 176 Å². The second-order valence-electron chi connectivity index (χ2n) is 6.22. The SMILES string of the molecule is COc1cc(/C=N/Nc2nc(-c3ccc(Br)cc3)nc3ccccc23)ccc1O. The minimum atomic E-state index is 0.0820. The number of para-hydroxylation sites is 1. The molecule has 1 aromatic heterocycles. The van der Waals surface area contributed by atoms with Gasteiger partial charge in [-0.1, -0.05) is 40.2 Å². The van der Waals surface area contributed by atoms with E-state index in [1.54, 1.807) is 24.4 Å². The number of ether oxygens (including phenoxy) is 1. The van der Waals surface area contributed by atoms with Crippen LogP contribution in [0.1, 0.15) is 5.56 Å². The maximum absolute atomic E-state index is 9.71. The number of fused-ring (bicyclic) bond motifs is 1. The molecule has 144 valence electrons. The van der Waals surface area contributed by atoms with Gasteiger partial charge < -0.3 is 9.84 Å². The first kappa shape index (κ1) is 18.9. The van der Waals surface area contributed by atoms with Gasteiger partial charge in [-0.2, -0.15) is 5.10 Å². The van der Waals surface area contributed by atoms with Crippen molar-refractivity contribution in [2.75, 3.05) is 12.5 Å². The van der Waals surface area contributed by atoms with Gasteiger partial charge in [-0.3, -0.25) is 5.43 Å². The molecule has 4 rings (SSSR count). The van der Waals surface area contributed by atoms with Crippen molar-refractivity contribution < 1.29 is 9.84 Å². The molecule has 7 heteroatoms. The topological polar surface area (TPSA) is 79.6 Å². The Balaban J connectivity index is 1.68. The maximum atomic E-state index is 9.71. The predicted octanol–water partition coefficient (Wildman–Crippen LogP) is 5.22. The van der Waals surface area contributed by atoms with Gasteiger partial charge in [-0.05, 0) is 48.0 Å². The van der Waals surface area contributed by atoms with Gasteiger partial charge in [0.2, 0.25) is 0 Å². The highest BCUT2D eigenvalue weighted by Gasteiger charge is 2.09. The van der Waals surface area contributed by atoms with E-state index in [1.807, 2.05) is 48.5 Å². The van der Waals surface area contributed by atoms with Crippen LogP contribution in [0.2, 0.25) is 0 Å². The molecule has 0 saturated heterocycles. The van der Waals surface area contributed by atoms with Gasteiger partial charge in [0.05, 0.1) is 18.8 Å². The number of phenols is 1. The fourth-order valence-electron chi connectivity index (χ4n) is 2.83. The lowest BCUT2D eigenvalue weighted by molar-refractivity contribution is 0.373. The lowest BCUT2D eigenvalue weighted by Gasteiger charge is -2.08. The molecule has 6 nitrogen and oxygen atoms in total. The molecule has 0 bridgehead atoms. The van der Waals surface area contributed by atoms with Crippen molar-refractivity contribution in [2.45, 2.75) is 0 Å². The lowest BCUT2D eigenvalue weighted by atomic mass is 10.2. The van der Waals surface area contributed by atoms with Gasteiger partial charge >= 0.3 is 0 Å². The molecule has 0 radical (unpaired) electrons. The largest absolute Gasteiger partial charge is 0.504 e. The predicted molar refractivity (Wildman–Crippen MR) is 119 cm³/mol. The quantitative estimate of drug-likeness (QED) is 0.323. The first-order valence-corrected chi connectivity index (χ1v) is 9.62. The van der Waals surface area contributed by atoms with Crippen molar-refractivity contribution in [1.82, 2.24) is 9.97 Å². The second-order valence-corrected chi connectivity index (χ2v) is 7.14. The fraction of sp³-hybridized carbons (Fsp3) is 0.0455. The Morgan fingerprint density at radius 3 is 2.62 bits per heavy atom. The summed E-state index contributed by atoms with van der Waals surface area (Å²) in [6.07, 6.45) is 1.64. The minimum absolute atomic E-state index is 0.0820. The van der Waals surface area contributed by atoms with Crippen LogP contribution in [0.4, 0.5) is 5.82 Å². The summed E-state index contributed by atoms with van der Waals surface area (Å²) in [5.74, 6) is 1.69. The molecular weight excluding hydrogens is 432 g/mol. The van der Waals surface area contributed by atoms with Gasteiger partial charge in [0.25, 0.3) is 0 Å². The molecule has 29 heavy (non-hydrogen) atoms. The number of aromatic hydroxyl groups is 1. The lowest BCUT2D eigenvalue weighted by Crippen LogP contribution is -1.99. The van der Waals surface area contributed by atoms with Crippen LogP contribution in [-0.2, 0) is 0 Å². The highest BCUT2D eigenvalue weighted by atomic mass is 79.9. The van der Waals surface area contributed by atoms with E-state index >= 15 is 0 Å². The summed E-state index contributed by atoms with van der Waals surface area (Å²) in [5.41, 5.74) is 5.53. The average Bonchev–Trinajstić information content (AvgIpc) is 2.75. The smallest absolute Gasteiger partial charge is 0.162 e. The third kappa shape index (κ3) is 4.20. The summed E-state index contributed by atoms with van der Waals surface area (Å²) >= 11 is 3.45. The molecule has 0 saturated carbocycles. The molecule has 0 spiro atoms. The number of nitrogens with zero attached hydrogens (tertiary/aromatic N) is 3. The number of hydrogen-bond acceptors (Lipinski definition) is 6. The van der Waals surface area contributed by atoms with Crippen LogP contribution in [0, 0.1) is 0 Å². The number of nitrogens with one attached hydrogen (secondary N) is 1. The molecule has 0 aliphatic rings. The Bertz CT molecular complexity index is 1190. The Hall–Kier alpha value is -3.45. The van der Waals surface area contributed by atoms with Crippen molar-refractivity contribution in [2.24, 2.45) is 5.10 Å². The zero-order valence-corrected chi connectivity index (χ0v) is 17.1. The summed E-state index contributed by atoms with van der Waals surface area (Å²) in [4.78, 5) is 9.34. The van der Waals surface area contributed by atoms with E-state index in [1.165, 1.54) is 7.11 Å². The monoisotopic (exact) mass is 448 g/mol. The van der Waals surface area contributed by atoms with Gasteiger partial charge in [-0.15, -0.1) is 0 Å². The average molecular weight is 449 g/mol. The van der Waals surface area contributed by atoms with Gasteiger partial charge in [0, 0.05) is 15.4 Å². The van der Waals surface area contributed by atoms with Crippen LogP contribution in [0.3, 0.4) is 0 Å². The molecular formula is C22H17BrN4O2. The molecule has 0 unspecified atom stereocenters. The summed E-state index contributed by atoms with van der Waals surface area (Å²) in [7, 11) is 1.50. The van der Waals surface area contributed by atoms with Crippen LogP contribution in [0.5, 0.6) is 11.5 Å². The fourth-order valence-corrected chi connectivity index (χ4v) is 3.10. The van der Waals surface area contributed by atoms with Crippen LogP contribution in [-0.4, -0.2) is 28.4 Å². The molecule has 2 N–H and O–H groups in total. The number of phenolic OH excluding ortho intramolecular Hbond substituents is 1. The third-order valence-electron chi connectivity index (χ3n) is 4.29. The molecule has 0 fully saturated rings. The first-order chi connectivity index (χ1) is 14.1. The molecule has 4 aromatic rings. The number of rotatable bonds is 5. The van der Waals surface area contributed by atoms with E-state index in [-0.39, 0.29) is 5.75 Å². The second kappa shape index (κ2) is 8.28. The van der Waals surface area contributed by atoms with Gasteiger partial charge in [0.1, 0.15) is 0 Å². The number of halogens is 1. The van der Waals surface area contributed by atoms with Crippen molar-refractivity contribution in [1.29, 1.82) is 0 Å². The van der Waals surface area contributed by atoms with Crippen LogP contribution in [0.15, 0.2) is 76.3 Å². The molecule has 0 aliphatic heterocycles. The van der Waals surface area contributed by atoms with E-state index in [2.05, 4.69) is 36.4 Å². The summed E-state index contributed by atoms with van der Waals surface area (Å²) in [6.45, 7) is 0. The van der Waals surface area contributed by atoms with Gasteiger partial charge in [-0.25, -0.2) is 9.97 Å². The Kier molecular flexibility index (Phi) is 5.39. The maximum Gasteiger partial charge on any atom is 0.162 e. The number of aromatic nitrogens is 2. The van der Waals surface area contributed by atoms with Gasteiger partial charge in [0.15, 0.2) is 23.1 Å². The van der Waals surface area contributed by atoms with E-state index in [0.717, 1.165) is 26.5 Å². The van der Waals surface area contributed by atoms with E-state index in [4.69, 9.17) is 4.74 Å².